The maximum absolute atomic E-state index is 12.4. The Kier molecular flexibility index (Phi) is 5.22. The van der Waals surface area contributed by atoms with E-state index < -0.39 is 0 Å². The zero-order valence-corrected chi connectivity index (χ0v) is 13.9. The molecule has 0 saturated heterocycles. The number of hydrogen-bond donors (Lipinski definition) is 0. The molecule has 0 radical (unpaired) electrons. The van der Waals surface area contributed by atoms with E-state index in [9.17, 15) is 4.79 Å². The van der Waals surface area contributed by atoms with Crippen LogP contribution in [0.25, 0.3) is 0 Å². The molecule has 21 heavy (non-hydrogen) atoms. The number of nitrogens with zero attached hydrogens (tertiary/aromatic N) is 4. The predicted octanol–water partition coefficient (Wildman–Crippen LogP) is 3.64. The van der Waals surface area contributed by atoms with E-state index in [1.165, 1.54) is 11.5 Å². The van der Waals surface area contributed by atoms with Crippen molar-refractivity contribution in [2.45, 2.75) is 58.9 Å². The van der Waals surface area contributed by atoms with Crippen LogP contribution < -0.4 is 0 Å². The summed E-state index contributed by atoms with van der Waals surface area (Å²) in [6.07, 6.45) is 4.37. The van der Waals surface area contributed by atoms with Gasteiger partial charge in [0, 0.05) is 6.20 Å². The van der Waals surface area contributed by atoms with Crippen LogP contribution in [0.2, 0.25) is 0 Å². The molecule has 0 fully saturated rings. The van der Waals surface area contributed by atoms with Gasteiger partial charge in [0.1, 0.15) is 4.88 Å². The highest BCUT2D eigenvalue weighted by Crippen LogP contribution is 2.22. The van der Waals surface area contributed by atoms with Gasteiger partial charge in [-0.25, -0.2) is 0 Å². The number of rotatable bonds is 7. The largest absolute Gasteiger partial charge is 0.293 e. The Morgan fingerprint density at radius 1 is 1.33 bits per heavy atom. The third-order valence-electron chi connectivity index (χ3n) is 3.64. The lowest BCUT2D eigenvalue weighted by atomic mass is 10.1. The molecule has 114 valence electrons. The van der Waals surface area contributed by atoms with Crippen molar-refractivity contribution in [3.8, 4) is 0 Å². The van der Waals surface area contributed by atoms with E-state index >= 15 is 0 Å². The Morgan fingerprint density at radius 2 is 2.05 bits per heavy atom. The first kappa shape index (κ1) is 15.8. The van der Waals surface area contributed by atoms with Crippen LogP contribution in [0.3, 0.4) is 0 Å². The Balaban J connectivity index is 2.11. The van der Waals surface area contributed by atoms with E-state index in [1.54, 1.807) is 0 Å². The third kappa shape index (κ3) is 3.56. The van der Waals surface area contributed by atoms with Gasteiger partial charge in [-0.05, 0) is 36.4 Å². The standard InChI is InChI=1S/C15H22N4OS/c1-5-12(6-2)19-8-7-11(17-19)9-13(20)15-14(10(3)4)16-18-21-15/h7-8,10,12H,5-6,9H2,1-4H3. The topological polar surface area (TPSA) is 60.7 Å². The normalized spacial score (nSPS) is 11.5. The summed E-state index contributed by atoms with van der Waals surface area (Å²) in [5.41, 5.74) is 1.61. The summed E-state index contributed by atoms with van der Waals surface area (Å²) < 4.78 is 5.88. The molecular formula is C15H22N4OS. The van der Waals surface area contributed by atoms with Crippen LogP contribution in [-0.2, 0) is 6.42 Å². The van der Waals surface area contributed by atoms with E-state index in [0.29, 0.717) is 17.3 Å². The molecule has 5 nitrogen and oxygen atoms in total. The molecule has 0 saturated carbocycles. The Labute approximate surface area is 129 Å². The van der Waals surface area contributed by atoms with E-state index in [0.717, 1.165) is 24.2 Å². The molecule has 0 amide bonds. The molecule has 0 aliphatic carbocycles. The Bertz CT molecular complexity index is 598. The molecular weight excluding hydrogens is 284 g/mol. The molecule has 2 rings (SSSR count). The molecule has 2 aromatic heterocycles. The molecule has 0 bridgehead atoms. The predicted molar refractivity (Wildman–Crippen MR) is 83.9 cm³/mol. The maximum Gasteiger partial charge on any atom is 0.182 e. The summed E-state index contributed by atoms with van der Waals surface area (Å²) in [6.45, 7) is 8.35. The van der Waals surface area contributed by atoms with Crippen LogP contribution in [0.1, 0.15) is 73.6 Å². The lowest BCUT2D eigenvalue weighted by Crippen LogP contribution is -2.10. The highest BCUT2D eigenvalue weighted by atomic mass is 32.1. The highest BCUT2D eigenvalue weighted by molar-refractivity contribution is 7.08. The zero-order chi connectivity index (χ0) is 15.4. The van der Waals surface area contributed by atoms with Crippen LogP contribution in [0, 0.1) is 0 Å². The van der Waals surface area contributed by atoms with Crippen molar-refractivity contribution in [2.75, 3.05) is 0 Å². The van der Waals surface area contributed by atoms with Crippen LogP contribution in [0.4, 0.5) is 0 Å². The molecule has 2 heterocycles. The van der Waals surface area contributed by atoms with Crippen molar-refractivity contribution in [3.05, 3.63) is 28.5 Å². The molecule has 0 unspecified atom stereocenters. The summed E-state index contributed by atoms with van der Waals surface area (Å²) in [6, 6.07) is 2.34. The highest BCUT2D eigenvalue weighted by Gasteiger charge is 2.20. The first-order chi connectivity index (χ1) is 10.1. The number of hydrogen-bond acceptors (Lipinski definition) is 5. The van der Waals surface area contributed by atoms with Gasteiger partial charge in [0.15, 0.2) is 5.78 Å². The lowest BCUT2D eigenvalue weighted by molar-refractivity contribution is 0.0994. The van der Waals surface area contributed by atoms with Gasteiger partial charge in [-0.1, -0.05) is 32.2 Å². The number of Topliss-reactive ketones (excluding diaryl/α,β-unsaturated/α-hetero) is 1. The van der Waals surface area contributed by atoms with Crippen molar-refractivity contribution in [1.82, 2.24) is 19.4 Å². The lowest BCUT2D eigenvalue weighted by Gasteiger charge is -2.12. The monoisotopic (exact) mass is 306 g/mol. The summed E-state index contributed by atoms with van der Waals surface area (Å²) >= 11 is 1.18. The number of aromatic nitrogens is 4. The van der Waals surface area contributed by atoms with Crippen molar-refractivity contribution >= 4 is 17.3 Å². The second-order valence-corrected chi connectivity index (χ2v) is 6.25. The minimum atomic E-state index is 0.0588. The molecule has 0 N–H and O–H groups in total. The summed E-state index contributed by atoms with van der Waals surface area (Å²) in [5, 5.41) is 8.60. The number of ketones is 1. The quantitative estimate of drug-likeness (QED) is 0.733. The van der Waals surface area contributed by atoms with Gasteiger partial charge < -0.3 is 0 Å². The van der Waals surface area contributed by atoms with Crippen LogP contribution >= 0.6 is 11.5 Å². The van der Waals surface area contributed by atoms with Crippen molar-refractivity contribution < 1.29 is 4.79 Å². The fraction of sp³-hybridized carbons (Fsp3) is 0.600. The fourth-order valence-corrected chi connectivity index (χ4v) is 3.11. The van der Waals surface area contributed by atoms with Gasteiger partial charge in [0.25, 0.3) is 0 Å². The zero-order valence-electron chi connectivity index (χ0n) is 13.0. The van der Waals surface area contributed by atoms with Gasteiger partial charge in [0.2, 0.25) is 0 Å². The van der Waals surface area contributed by atoms with Gasteiger partial charge in [-0.2, -0.15) is 5.10 Å². The molecule has 6 heteroatoms. The third-order valence-corrected chi connectivity index (χ3v) is 4.42. The molecule has 0 atom stereocenters. The number of carbonyl (C=O) groups is 1. The van der Waals surface area contributed by atoms with Gasteiger partial charge in [-0.15, -0.1) is 5.10 Å². The van der Waals surface area contributed by atoms with Crippen LogP contribution in [0.5, 0.6) is 0 Å². The molecule has 0 aliphatic rings. The summed E-state index contributed by atoms with van der Waals surface area (Å²) in [5.74, 6) is 0.272. The molecule has 0 aromatic carbocycles. The minimum absolute atomic E-state index is 0.0588. The smallest absolute Gasteiger partial charge is 0.182 e. The van der Waals surface area contributed by atoms with Crippen molar-refractivity contribution in [2.24, 2.45) is 0 Å². The second kappa shape index (κ2) is 6.93. The van der Waals surface area contributed by atoms with Crippen molar-refractivity contribution in [3.63, 3.8) is 0 Å². The fourth-order valence-electron chi connectivity index (χ4n) is 2.35. The van der Waals surface area contributed by atoms with E-state index in [1.807, 2.05) is 30.8 Å². The molecule has 0 aliphatic heterocycles. The van der Waals surface area contributed by atoms with E-state index in [2.05, 4.69) is 28.5 Å². The van der Waals surface area contributed by atoms with Gasteiger partial charge in [0.05, 0.1) is 23.9 Å². The molecule has 2 aromatic rings. The SMILES string of the molecule is CCC(CC)n1ccc(CC(=O)c2snnc2C(C)C)n1. The van der Waals surface area contributed by atoms with Gasteiger partial charge >= 0.3 is 0 Å². The maximum atomic E-state index is 12.4. The Morgan fingerprint density at radius 3 is 2.67 bits per heavy atom. The second-order valence-electron chi connectivity index (χ2n) is 5.50. The Hall–Kier alpha value is -1.56. The summed E-state index contributed by atoms with van der Waals surface area (Å²) in [7, 11) is 0. The first-order valence-corrected chi connectivity index (χ1v) is 8.23. The van der Waals surface area contributed by atoms with Crippen LogP contribution in [-0.4, -0.2) is 25.2 Å². The summed E-state index contributed by atoms with van der Waals surface area (Å²) in [4.78, 5) is 13.1. The van der Waals surface area contributed by atoms with Gasteiger partial charge in [-0.3, -0.25) is 9.48 Å². The average Bonchev–Trinajstić information content (AvgIpc) is 3.09. The minimum Gasteiger partial charge on any atom is -0.293 e. The van der Waals surface area contributed by atoms with Crippen molar-refractivity contribution in [1.29, 1.82) is 0 Å². The van der Waals surface area contributed by atoms with Crippen LogP contribution in [0.15, 0.2) is 12.3 Å². The van der Waals surface area contributed by atoms with E-state index in [-0.39, 0.29) is 11.7 Å². The number of carbonyl (C=O) groups excluding carboxylic acids is 1. The first-order valence-electron chi connectivity index (χ1n) is 7.46. The van der Waals surface area contributed by atoms with E-state index in [4.69, 9.17) is 0 Å². The molecule has 0 spiro atoms. The average molecular weight is 306 g/mol.